The molecule has 0 aliphatic rings. The highest BCUT2D eigenvalue weighted by molar-refractivity contribution is 7.99. The number of amides is 1. The summed E-state index contributed by atoms with van der Waals surface area (Å²) in [5.41, 5.74) is 12.4. The summed E-state index contributed by atoms with van der Waals surface area (Å²) in [4.78, 5) is 44.0. The summed E-state index contributed by atoms with van der Waals surface area (Å²) in [6, 6.07) is 10.8. The van der Waals surface area contributed by atoms with E-state index in [0.717, 1.165) is 9.79 Å². The number of carbonyl (C=O) groups is 3. The van der Waals surface area contributed by atoms with Gasteiger partial charge >= 0.3 is 11.9 Å². The topological polar surface area (TPSA) is 182 Å². The molecule has 0 spiro atoms. The Morgan fingerprint density at radius 1 is 1.00 bits per heavy atom. The van der Waals surface area contributed by atoms with Crippen LogP contribution in [0.25, 0.3) is 10.9 Å². The Labute approximate surface area is 180 Å². The normalized spacial score (nSPS) is 11.7. The van der Waals surface area contributed by atoms with Gasteiger partial charge in [0.1, 0.15) is 11.9 Å². The average Bonchev–Trinajstić information content (AvgIpc) is 2.71. The minimum Gasteiger partial charge on any atom is -0.481 e. The molecule has 31 heavy (non-hydrogen) atoms. The molecule has 160 valence electrons. The van der Waals surface area contributed by atoms with Crippen LogP contribution < -0.4 is 16.8 Å². The molecule has 7 N–H and O–H groups in total. The highest BCUT2D eigenvalue weighted by Gasteiger charge is 2.21. The van der Waals surface area contributed by atoms with Gasteiger partial charge in [-0.05, 0) is 48.9 Å². The second-order valence-electron chi connectivity index (χ2n) is 6.57. The summed E-state index contributed by atoms with van der Waals surface area (Å²) in [5, 5.41) is 20.9. The summed E-state index contributed by atoms with van der Waals surface area (Å²) in [6.45, 7) is 0. The fourth-order valence-corrected chi connectivity index (χ4v) is 3.65. The van der Waals surface area contributed by atoms with Gasteiger partial charge in [0.15, 0.2) is 0 Å². The standard InChI is InChI=1S/C20H19N5O5S/c21-17-13-9-12(5-6-14(13)24-20(22)25-17)31-11-3-1-10(2-4-11)18(28)23-15(19(29)30)7-8-16(26)27/h1-6,9,15H,7-8H2,(H,23,28)(H,26,27)(H,29,30)(H4,21,22,24,25). The van der Waals surface area contributed by atoms with Crippen molar-refractivity contribution in [1.29, 1.82) is 0 Å². The summed E-state index contributed by atoms with van der Waals surface area (Å²) in [5.74, 6) is -2.63. The van der Waals surface area contributed by atoms with Crippen molar-refractivity contribution < 1.29 is 24.6 Å². The summed E-state index contributed by atoms with van der Waals surface area (Å²) < 4.78 is 0. The van der Waals surface area contributed by atoms with Crippen LogP contribution in [0.2, 0.25) is 0 Å². The fourth-order valence-electron chi connectivity index (χ4n) is 2.79. The lowest BCUT2D eigenvalue weighted by atomic mass is 10.1. The maximum Gasteiger partial charge on any atom is 0.326 e. The average molecular weight is 441 g/mol. The predicted molar refractivity (Wildman–Crippen MR) is 115 cm³/mol. The van der Waals surface area contributed by atoms with Crippen molar-refractivity contribution in [2.45, 2.75) is 28.7 Å². The molecule has 1 unspecified atom stereocenters. The fraction of sp³-hybridized carbons (Fsp3) is 0.150. The van der Waals surface area contributed by atoms with Gasteiger partial charge in [0, 0.05) is 27.2 Å². The third-order valence-corrected chi connectivity index (χ3v) is 5.31. The van der Waals surface area contributed by atoms with E-state index in [9.17, 15) is 14.4 Å². The number of aliphatic carboxylic acids is 2. The van der Waals surface area contributed by atoms with Crippen LogP contribution in [0, 0.1) is 0 Å². The molecule has 1 atom stereocenters. The number of nitrogens with one attached hydrogen (secondary N) is 1. The highest BCUT2D eigenvalue weighted by atomic mass is 32.2. The summed E-state index contributed by atoms with van der Waals surface area (Å²) in [7, 11) is 0. The number of carboxylic acids is 2. The smallest absolute Gasteiger partial charge is 0.326 e. The Morgan fingerprint density at radius 2 is 1.68 bits per heavy atom. The van der Waals surface area contributed by atoms with Gasteiger partial charge in [-0.15, -0.1) is 0 Å². The number of aromatic nitrogens is 2. The summed E-state index contributed by atoms with van der Waals surface area (Å²) >= 11 is 1.43. The molecular formula is C20H19N5O5S. The van der Waals surface area contributed by atoms with E-state index in [1.54, 1.807) is 30.3 Å². The molecule has 0 aliphatic carbocycles. The van der Waals surface area contributed by atoms with Crippen molar-refractivity contribution in [3.8, 4) is 0 Å². The van der Waals surface area contributed by atoms with Crippen LogP contribution in [0.15, 0.2) is 52.3 Å². The molecule has 2 aromatic carbocycles. The Balaban J connectivity index is 1.69. The third-order valence-electron chi connectivity index (χ3n) is 4.32. The van der Waals surface area contributed by atoms with Crippen molar-refractivity contribution in [2.75, 3.05) is 11.5 Å². The molecule has 1 aromatic heterocycles. The van der Waals surface area contributed by atoms with Crippen molar-refractivity contribution in [3.05, 3.63) is 48.0 Å². The number of nitrogen functional groups attached to an aromatic ring is 2. The van der Waals surface area contributed by atoms with E-state index in [0.29, 0.717) is 10.9 Å². The van der Waals surface area contributed by atoms with Crippen LogP contribution in [0.4, 0.5) is 11.8 Å². The highest BCUT2D eigenvalue weighted by Crippen LogP contribution is 2.31. The molecular weight excluding hydrogens is 422 g/mol. The van der Waals surface area contributed by atoms with Crippen LogP contribution in [-0.2, 0) is 9.59 Å². The number of rotatable bonds is 8. The van der Waals surface area contributed by atoms with Gasteiger partial charge in [0.25, 0.3) is 5.91 Å². The number of nitrogens with zero attached hydrogens (tertiary/aromatic N) is 2. The minimum absolute atomic E-state index is 0.104. The number of carbonyl (C=O) groups excluding carboxylic acids is 1. The predicted octanol–water partition coefficient (Wildman–Crippen LogP) is 1.99. The van der Waals surface area contributed by atoms with Gasteiger partial charge in [0.05, 0.1) is 5.52 Å². The second kappa shape index (κ2) is 9.30. The number of fused-ring (bicyclic) bond motifs is 1. The second-order valence-corrected chi connectivity index (χ2v) is 7.72. The Bertz CT molecular complexity index is 1150. The van der Waals surface area contributed by atoms with Crippen LogP contribution in [0.5, 0.6) is 0 Å². The van der Waals surface area contributed by atoms with Crippen molar-refractivity contribution in [1.82, 2.24) is 15.3 Å². The molecule has 0 saturated heterocycles. The zero-order valence-electron chi connectivity index (χ0n) is 16.1. The maximum absolute atomic E-state index is 12.3. The van der Waals surface area contributed by atoms with Crippen molar-refractivity contribution in [2.24, 2.45) is 0 Å². The van der Waals surface area contributed by atoms with E-state index >= 15 is 0 Å². The number of benzene rings is 2. The van der Waals surface area contributed by atoms with Gasteiger partial charge in [0.2, 0.25) is 5.95 Å². The third kappa shape index (κ3) is 5.60. The Kier molecular flexibility index (Phi) is 6.55. The van der Waals surface area contributed by atoms with E-state index in [-0.39, 0.29) is 30.2 Å². The lowest BCUT2D eigenvalue weighted by molar-refractivity contribution is -0.140. The van der Waals surface area contributed by atoms with Gasteiger partial charge in [-0.2, -0.15) is 4.98 Å². The zero-order chi connectivity index (χ0) is 22.5. The molecule has 10 nitrogen and oxygen atoms in total. The van der Waals surface area contributed by atoms with Crippen LogP contribution in [0.3, 0.4) is 0 Å². The Hall–Kier alpha value is -3.86. The zero-order valence-corrected chi connectivity index (χ0v) is 16.9. The molecule has 1 amide bonds. The largest absolute Gasteiger partial charge is 0.481 e. The van der Waals surface area contributed by atoms with Crippen LogP contribution in [-0.4, -0.2) is 44.1 Å². The number of carboxylic acid groups (broad SMARTS) is 2. The van der Waals surface area contributed by atoms with Gasteiger partial charge < -0.3 is 27.0 Å². The first-order valence-electron chi connectivity index (χ1n) is 9.09. The molecule has 1 heterocycles. The van der Waals surface area contributed by atoms with E-state index in [4.69, 9.17) is 21.7 Å². The molecule has 0 bridgehead atoms. The van der Waals surface area contributed by atoms with Crippen LogP contribution >= 0.6 is 11.8 Å². The molecule has 3 rings (SSSR count). The van der Waals surface area contributed by atoms with E-state index < -0.39 is 23.9 Å². The number of hydrogen-bond acceptors (Lipinski definition) is 8. The molecule has 0 aliphatic heterocycles. The lowest BCUT2D eigenvalue weighted by Gasteiger charge is -2.13. The van der Waals surface area contributed by atoms with Crippen molar-refractivity contribution >= 4 is 52.3 Å². The van der Waals surface area contributed by atoms with Gasteiger partial charge in [-0.1, -0.05) is 11.8 Å². The summed E-state index contributed by atoms with van der Waals surface area (Å²) in [6.07, 6.45) is -0.564. The first-order chi connectivity index (χ1) is 14.7. The monoisotopic (exact) mass is 441 g/mol. The number of nitrogens with two attached hydrogens (primary N) is 2. The quantitative estimate of drug-likeness (QED) is 0.346. The number of anilines is 2. The van der Waals surface area contributed by atoms with Crippen molar-refractivity contribution in [3.63, 3.8) is 0 Å². The maximum atomic E-state index is 12.3. The SMILES string of the molecule is Nc1nc(N)c2cc(Sc3ccc(C(=O)NC(CCC(=O)O)C(=O)O)cc3)ccc2n1. The van der Waals surface area contributed by atoms with E-state index in [1.807, 2.05) is 12.1 Å². The molecule has 0 fully saturated rings. The van der Waals surface area contributed by atoms with E-state index in [1.165, 1.54) is 11.8 Å². The van der Waals surface area contributed by atoms with E-state index in [2.05, 4.69) is 15.3 Å². The lowest BCUT2D eigenvalue weighted by Crippen LogP contribution is -2.41. The molecule has 11 heteroatoms. The molecule has 3 aromatic rings. The first-order valence-corrected chi connectivity index (χ1v) is 9.90. The van der Waals surface area contributed by atoms with Gasteiger partial charge in [-0.3, -0.25) is 9.59 Å². The minimum atomic E-state index is -1.29. The molecule has 0 radical (unpaired) electrons. The van der Waals surface area contributed by atoms with Crippen LogP contribution in [0.1, 0.15) is 23.2 Å². The Morgan fingerprint density at radius 3 is 2.32 bits per heavy atom. The van der Waals surface area contributed by atoms with Gasteiger partial charge in [-0.25, -0.2) is 9.78 Å². The molecule has 0 saturated carbocycles. The number of hydrogen-bond donors (Lipinski definition) is 5. The first kappa shape index (κ1) is 21.8.